The van der Waals surface area contributed by atoms with E-state index in [0.29, 0.717) is 10.9 Å². The van der Waals surface area contributed by atoms with Crippen LogP contribution in [-0.4, -0.2) is 26.2 Å². The number of nitrogens with zero attached hydrogens (tertiary/aromatic N) is 2. The van der Waals surface area contributed by atoms with Crippen LogP contribution in [0.3, 0.4) is 0 Å². The summed E-state index contributed by atoms with van der Waals surface area (Å²) >= 11 is -0.166. The van der Waals surface area contributed by atoms with E-state index in [9.17, 15) is 2.74 Å². The number of aromatic nitrogens is 1. The number of hydrogen-bond donors (Lipinski definition) is 0. The first-order chi connectivity index (χ1) is 36.4. The van der Waals surface area contributed by atoms with Crippen LogP contribution in [0.5, 0.6) is 0 Å². The van der Waals surface area contributed by atoms with E-state index < -0.39 is 0 Å². The van der Waals surface area contributed by atoms with Crippen molar-refractivity contribution in [3.05, 3.63) is 261 Å². The molecule has 0 aliphatic carbocycles. The number of para-hydroxylation sites is 2. The summed E-state index contributed by atoms with van der Waals surface area (Å²) in [5, 5.41) is 1.28. The summed E-state index contributed by atoms with van der Waals surface area (Å²) in [6.45, 7) is -0.133. The molecule has 0 fully saturated rings. The van der Waals surface area contributed by atoms with E-state index in [1.165, 1.54) is 36.4 Å². The Labute approximate surface area is 420 Å². The van der Waals surface area contributed by atoms with Gasteiger partial charge in [-0.2, -0.15) is 0 Å². The van der Waals surface area contributed by atoms with Gasteiger partial charge in [-0.1, -0.05) is 0 Å². The minimum atomic E-state index is -0.254. The average Bonchev–Trinajstić information content (AvgIpc) is 3.89. The number of hydrogen-bond acceptors (Lipinski definition) is 1. The molecular formula is C66H43BN2Se. The topological polar surface area (TPSA) is 8.17 Å². The summed E-state index contributed by atoms with van der Waals surface area (Å²) in [4.78, 5) is 2.52. The molecule has 0 saturated heterocycles. The molecule has 0 amide bonds. The predicted octanol–water partition coefficient (Wildman–Crippen LogP) is 13.4. The first-order valence-corrected chi connectivity index (χ1v) is 25.5. The Bertz CT molecular complexity index is 4150. The van der Waals surface area contributed by atoms with Gasteiger partial charge < -0.3 is 0 Å². The predicted molar refractivity (Wildman–Crippen MR) is 299 cm³/mol. The van der Waals surface area contributed by atoms with Crippen LogP contribution < -0.4 is 30.2 Å². The van der Waals surface area contributed by atoms with Gasteiger partial charge in [0.2, 0.25) is 0 Å². The van der Waals surface area contributed by atoms with Gasteiger partial charge in [-0.25, -0.2) is 0 Å². The van der Waals surface area contributed by atoms with E-state index in [0.717, 1.165) is 78.2 Å². The molecule has 1 aromatic heterocycles. The van der Waals surface area contributed by atoms with Crippen molar-refractivity contribution in [2.75, 3.05) is 4.90 Å². The summed E-state index contributed by atoms with van der Waals surface area (Å²) in [7, 11) is 0. The second kappa shape index (κ2) is 16.7. The van der Waals surface area contributed by atoms with Gasteiger partial charge in [0.15, 0.2) is 0 Å². The van der Waals surface area contributed by atoms with E-state index in [-0.39, 0.29) is 45.8 Å². The van der Waals surface area contributed by atoms with Crippen LogP contribution in [0.25, 0.3) is 83.1 Å². The van der Waals surface area contributed by atoms with Crippen LogP contribution in [0, 0.1) is 0 Å². The monoisotopic (exact) mass is 958 g/mol. The van der Waals surface area contributed by atoms with Crippen molar-refractivity contribution in [2.45, 2.75) is 0 Å². The summed E-state index contributed by atoms with van der Waals surface area (Å²) in [5.41, 5.74) is 20.1. The van der Waals surface area contributed by atoms with Crippen molar-refractivity contribution in [1.82, 2.24) is 4.57 Å². The Morgan fingerprint density at radius 1 is 0.371 bits per heavy atom. The third-order valence-electron chi connectivity index (χ3n) is 14.2. The zero-order valence-corrected chi connectivity index (χ0v) is 39.6. The Morgan fingerprint density at radius 2 is 0.900 bits per heavy atom. The molecule has 0 bridgehead atoms. The van der Waals surface area contributed by atoms with Crippen molar-refractivity contribution < 1.29 is 5.48 Å². The fourth-order valence-electron chi connectivity index (χ4n) is 11.0. The van der Waals surface area contributed by atoms with Gasteiger partial charge in [-0.05, 0) is 0 Å². The fraction of sp³-hybridized carbons (Fsp3) is 0. The average molecular weight is 958 g/mol. The molecule has 2 aliphatic heterocycles. The van der Waals surface area contributed by atoms with Gasteiger partial charge in [0.25, 0.3) is 0 Å². The second-order valence-electron chi connectivity index (χ2n) is 18.1. The van der Waals surface area contributed by atoms with Gasteiger partial charge in [0.05, 0.1) is 0 Å². The molecule has 2 nitrogen and oxygen atoms in total. The van der Waals surface area contributed by atoms with E-state index >= 15 is 0 Å². The van der Waals surface area contributed by atoms with E-state index in [1.54, 1.807) is 0 Å². The van der Waals surface area contributed by atoms with E-state index in [4.69, 9.17) is 2.74 Å². The molecule has 0 radical (unpaired) electrons. The minimum absolute atomic E-state index is 0.0456. The van der Waals surface area contributed by atoms with Crippen molar-refractivity contribution in [3.8, 4) is 61.3 Å². The van der Waals surface area contributed by atoms with E-state index in [2.05, 4.69) is 228 Å². The molecule has 3 heterocycles. The molecule has 0 N–H and O–H groups in total. The number of fused-ring (bicyclic) bond motifs is 7. The molecule has 4 heteroatoms. The third kappa shape index (κ3) is 6.64. The standard InChI is InChI=1S/C66H43BN2Se/c1-6-19-44(20-7-1)49-33-36-60-56(39-49)55-29-16-17-32-59(55)68(60)52-42-62-65-64(43-52)70-63-38-35-51(46-23-10-3-11-24-46)41-58(63)67(65)57-40-50(45-21-8-2-9-22-45)34-37-61(57)69(62)66-53(47-25-12-4-13-26-47)30-18-31-54(66)48-27-14-5-15-28-48/h1-43H/i16D,17D,29D,32D. The molecule has 11 aromatic carbocycles. The molecule has 0 spiro atoms. The molecule has 0 unspecified atom stereocenters. The van der Waals surface area contributed by atoms with Crippen LogP contribution in [0.4, 0.5) is 17.1 Å². The van der Waals surface area contributed by atoms with Crippen molar-refractivity contribution >= 4 is 85.8 Å². The number of rotatable bonds is 7. The molecule has 2 aliphatic rings. The van der Waals surface area contributed by atoms with Crippen molar-refractivity contribution in [3.63, 3.8) is 0 Å². The molecule has 326 valence electrons. The summed E-state index contributed by atoms with van der Waals surface area (Å²) in [6.07, 6.45) is 0. The first-order valence-electron chi connectivity index (χ1n) is 25.8. The van der Waals surface area contributed by atoms with Crippen LogP contribution in [0.2, 0.25) is 0 Å². The molecule has 0 atom stereocenters. The summed E-state index contributed by atoms with van der Waals surface area (Å²) in [5.74, 6) is 0. The normalized spacial score (nSPS) is 13.3. The number of benzene rings is 11. The summed E-state index contributed by atoms with van der Waals surface area (Å²) in [6, 6.07) is 84.1. The van der Waals surface area contributed by atoms with Crippen LogP contribution in [-0.2, 0) is 0 Å². The third-order valence-corrected chi connectivity index (χ3v) is 16.6. The second-order valence-corrected chi connectivity index (χ2v) is 20.4. The maximum atomic E-state index is 9.67. The van der Waals surface area contributed by atoms with Crippen molar-refractivity contribution in [2.24, 2.45) is 0 Å². The van der Waals surface area contributed by atoms with Crippen LogP contribution in [0.1, 0.15) is 5.48 Å². The Kier molecular flexibility index (Phi) is 8.73. The maximum absolute atomic E-state index is 9.67. The van der Waals surface area contributed by atoms with E-state index in [1.807, 2.05) is 18.2 Å². The molecule has 70 heavy (non-hydrogen) atoms. The van der Waals surface area contributed by atoms with Crippen molar-refractivity contribution in [1.29, 1.82) is 0 Å². The first kappa shape index (κ1) is 36.6. The number of anilines is 3. The fourth-order valence-corrected chi connectivity index (χ4v) is 13.5. The van der Waals surface area contributed by atoms with Gasteiger partial charge in [-0.15, -0.1) is 0 Å². The Balaban J connectivity index is 1.13. The van der Waals surface area contributed by atoms with Gasteiger partial charge in [0.1, 0.15) is 0 Å². The zero-order chi connectivity index (χ0) is 49.6. The SMILES string of the molecule is [2H]c1c([2H])c([2H])c2c(c1[2H])c1cc(-c3ccccc3)ccc1n2-c1cc2c3c(c1)N(c1c(-c4ccccc4)cccc1-c1ccccc1)c1ccc(-c4ccccc4)cc1B3c1cc(-c3ccccc3)ccc1[Se]2. The Morgan fingerprint density at radius 3 is 1.51 bits per heavy atom. The summed E-state index contributed by atoms with van der Waals surface area (Å²) < 4.78 is 41.9. The van der Waals surface area contributed by atoms with Gasteiger partial charge in [0, 0.05) is 0 Å². The molecule has 0 saturated carbocycles. The van der Waals surface area contributed by atoms with Crippen LogP contribution in [0.15, 0.2) is 261 Å². The molecule has 14 rings (SSSR count). The molecule has 12 aromatic rings. The molecular weight excluding hydrogens is 911 g/mol. The Hall–Kier alpha value is -8.40. The van der Waals surface area contributed by atoms with Crippen LogP contribution >= 0.6 is 0 Å². The zero-order valence-electron chi connectivity index (χ0n) is 41.9. The van der Waals surface area contributed by atoms with Gasteiger partial charge >= 0.3 is 423 Å². The van der Waals surface area contributed by atoms with Gasteiger partial charge in [-0.3, -0.25) is 0 Å². The quantitative estimate of drug-likeness (QED) is 0.145.